The normalized spacial score (nSPS) is 18.9. The van der Waals surface area contributed by atoms with E-state index in [1.807, 2.05) is 12.1 Å². The number of benzene rings is 2. The molecule has 27 heavy (non-hydrogen) atoms. The van der Waals surface area contributed by atoms with Crippen molar-refractivity contribution in [1.29, 1.82) is 0 Å². The maximum atomic E-state index is 12.0. The second-order valence-corrected chi connectivity index (χ2v) is 7.73. The molecule has 0 amide bonds. The van der Waals surface area contributed by atoms with Gasteiger partial charge in [-0.25, -0.2) is 0 Å². The van der Waals surface area contributed by atoms with Crippen LogP contribution in [0.15, 0.2) is 36.4 Å². The molecule has 4 nitrogen and oxygen atoms in total. The van der Waals surface area contributed by atoms with Crippen LogP contribution in [0.4, 0.5) is 0 Å². The Morgan fingerprint density at radius 3 is 2.52 bits per heavy atom. The summed E-state index contributed by atoms with van der Waals surface area (Å²) in [5, 5.41) is 10.5. The van der Waals surface area contributed by atoms with Gasteiger partial charge in [0.1, 0.15) is 11.8 Å². The van der Waals surface area contributed by atoms with Gasteiger partial charge in [-0.3, -0.25) is 9.69 Å². The van der Waals surface area contributed by atoms with E-state index in [0.29, 0.717) is 11.4 Å². The zero-order chi connectivity index (χ0) is 19.6. The summed E-state index contributed by atoms with van der Waals surface area (Å²) < 4.78 is 5.62. The molecule has 1 fully saturated rings. The number of hydrogen-bond acceptors (Lipinski definition) is 3. The molecule has 1 heterocycles. The molecule has 144 valence electrons. The van der Waals surface area contributed by atoms with E-state index in [9.17, 15) is 9.90 Å². The van der Waals surface area contributed by atoms with Crippen LogP contribution in [-0.4, -0.2) is 35.7 Å². The average molecular weight is 388 g/mol. The molecule has 1 N–H and O–H groups in total. The Labute approximate surface area is 165 Å². The van der Waals surface area contributed by atoms with Crippen molar-refractivity contribution in [2.75, 3.05) is 13.7 Å². The molecule has 2 atom stereocenters. The number of halogens is 1. The monoisotopic (exact) mass is 387 g/mol. The average Bonchev–Trinajstić information content (AvgIpc) is 2.62. The summed E-state index contributed by atoms with van der Waals surface area (Å²) in [7, 11) is 1.64. The van der Waals surface area contributed by atoms with Gasteiger partial charge in [0, 0.05) is 10.6 Å². The number of methoxy groups -OCH3 is 1. The topological polar surface area (TPSA) is 49.8 Å². The van der Waals surface area contributed by atoms with Crippen LogP contribution in [0.5, 0.6) is 5.75 Å². The molecule has 5 heteroatoms. The number of rotatable bonds is 5. The minimum absolute atomic E-state index is 0.223. The fraction of sp³-hybridized carbons (Fsp3) is 0.409. The van der Waals surface area contributed by atoms with E-state index < -0.39 is 12.0 Å². The Bertz CT molecular complexity index is 816. The molecule has 0 aliphatic carbocycles. The van der Waals surface area contributed by atoms with E-state index in [1.165, 1.54) is 0 Å². The summed E-state index contributed by atoms with van der Waals surface area (Å²) in [6, 6.07) is 11.2. The zero-order valence-corrected chi connectivity index (χ0v) is 16.8. The minimum Gasteiger partial charge on any atom is -0.496 e. The lowest BCUT2D eigenvalue weighted by Gasteiger charge is -2.40. The van der Waals surface area contributed by atoms with Gasteiger partial charge in [0.25, 0.3) is 0 Å². The quantitative estimate of drug-likeness (QED) is 0.784. The van der Waals surface area contributed by atoms with Crippen LogP contribution in [0, 0.1) is 13.8 Å². The first-order valence-electron chi connectivity index (χ1n) is 9.31. The Morgan fingerprint density at radius 1 is 1.19 bits per heavy atom. The molecule has 0 spiro atoms. The summed E-state index contributed by atoms with van der Waals surface area (Å²) in [5.74, 6) is -0.0525. The number of nitrogens with zero attached hydrogens (tertiary/aromatic N) is 1. The molecule has 2 aromatic rings. The predicted octanol–water partition coefficient (Wildman–Crippen LogP) is 4.99. The van der Waals surface area contributed by atoms with Crippen LogP contribution in [-0.2, 0) is 4.79 Å². The third kappa shape index (κ3) is 4.28. The first kappa shape index (κ1) is 19.7. The number of hydrogen-bond donors (Lipinski definition) is 1. The number of likely N-dealkylation sites (tertiary alicyclic amines) is 1. The lowest BCUT2D eigenvalue weighted by atomic mass is 9.89. The molecule has 0 radical (unpaired) electrons. The molecule has 2 aromatic carbocycles. The molecule has 1 aliphatic rings. The maximum Gasteiger partial charge on any atom is 0.320 e. The highest BCUT2D eigenvalue weighted by Gasteiger charge is 2.36. The van der Waals surface area contributed by atoms with Crippen LogP contribution < -0.4 is 4.74 Å². The van der Waals surface area contributed by atoms with Gasteiger partial charge < -0.3 is 9.84 Å². The van der Waals surface area contributed by atoms with Crippen LogP contribution >= 0.6 is 11.6 Å². The van der Waals surface area contributed by atoms with Gasteiger partial charge in [-0.1, -0.05) is 47.3 Å². The Balaban J connectivity index is 2.20. The highest BCUT2D eigenvalue weighted by molar-refractivity contribution is 6.30. The van der Waals surface area contributed by atoms with Gasteiger partial charge in [-0.15, -0.1) is 0 Å². The van der Waals surface area contributed by atoms with Gasteiger partial charge in [0.2, 0.25) is 0 Å². The Kier molecular flexibility index (Phi) is 6.08. The molecule has 3 rings (SSSR count). The first-order valence-corrected chi connectivity index (χ1v) is 9.68. The van der Waals surface area contributed by atoms with E-state index in [4.69, 9.17) is 16.3 Å². The summed E-state index contributed by atoms with van der Waals surface area (Å²) in [4.78, 5) is 14.1. The van der Waals surface area contributed by atoms with Crippen molar-refractivity contribution in [1.82, 2.24) is 4.90 Å². The van der Waals surface area contributed by atoms with E-state index in [1.54, 1.807) is 13.2 Å². The number of aryl methyl sites for hydroxylation is 2. The van der Waals surface area contributed by atoms with Crippen LogP contribution in [0.25, 0.3) is 0 Å². The molecule has 2 unspecified atom stereocenters. The smallest absolute Gasteiger partial charge is 0.320 e. The van der Waals surface area contributed by atoms with Gasteiger partial charge in [-0.2, -0.15) is 0 Å². The Hall–Kier alpha value is -2.04. The lowest BCUT2D eigenvalue weighted by molar-refractivity contribution is -0.145. The van der Waals surface area contributed by atoms with Crippen LogP contribution in [0.2, 0.25) is 5.02 Å². The molecule has 1 aliphatic heterocycles. The Morgan fingerprint density at radius 2 is 1.89 bits per heavy atom. The SMILES string of the molecule is COc1ccc(Cl)cc1C(c1cc(C)cc(C)c1)N1CCCCC1C(=O)O. The first-order chi connectivity index (χ1) is 12.9. The minimum atomic E-state index is -0.773. The van der Waals surface area contributed by atoms with Crippen molar-refractivity contribution in [3.8, 4) is 5.75 Å². The fourth-order valence-corrected chi connectivity index (χ4v) is 4.34. The van der Waals surface area contributed by atoms with Crippen molar-refractivity contribution in [3.63, 3.8) is 0 Å². The third-order valence-corrected chi connectivity index (χ3v) is 5.44. The number of carboxylic acids is 1. The summed E-state index contributed by atoms with van der Waals surface area (Å²) in [6.07, 6.45) is 2.56. The van der Waals surface area contributed by atoms with E-state index >= 15 is 0 Å². The number of carbonyl (C=O) groups is 1. The highest BCUT2D eigenvalue weighted by atomic mass is 35.5. The standard InChI is InChI=1S/C22H26ClNO3/c1-14-10-15(2)12-16(11-14)21(18-13-17(23)7-8-20(18)27-3)24-9-5-4-6-19(24)22(25)26/h7-8,10-13,19,21H,4-6,9H2,1-3H3,(H,25,26). The number of carboxylic acid groups (broad SMARTS) is 1. The van der Waals surface area contributed by atoms with Gasteiger partial charge in [0.15, 0.2) is 0 Å². The van der Waals surface area contributed by atoms with Gasteiger partial charge >= 0.3 is 5.97 Å². The largest absolute Gasteiger partial charge is 0.496 e. The van der Waals surface area contributed by atoms with Gasteiger partial charge in [0.05, 0.1) is 13.2 Å². The second kappa shape index (κ2) is 8.32. The van der Waals surface area contributed by atoms with Crippen molar-refractivity contribution < 1.29 is 14.6 Å². The fourth-order valence-electron chi connectivity index (χ4n) is 4.16. The van der Waals surface area contributed by atoms with E-state index in [-0.39, 0.29) is 6.04 Å². The highest BCUT2D eigenvalue weighted by Crippen LogP contribution is 2.40. The zero-order valence-electron chi connectivity index (χ0n) is 16.0. The van der Waals surface area contributed by atoms with E-state index in [2.05, 4.69) is 36.9 Å². The number of piperidine rings is 1. The van der Waals surface area contributed by atoms with Crippen molar-refractivity contribution in [3.05, 3.63) is 63.7 Å². The second-order valence-electron chi connectivity index (χ2n) is 7.30. The molecule has 1 saturated heterocycles. The van der Waals surface area contributed by atoms with Crippen LogP contribution in [0.1, 0.15) is 47.6 Å². The third-order valence-electron chi connectivity index (χ3n) is 5.21. The van der Waals surface area contributed by atoms with Crippen molar-refractivity contribution in [2.45, 2.75) is 45.2 Å². The molecular weight excluding hydrogens is 362 g/mol. The molecule has 0 aromatic heterocycles. The molecule has 0 saturated carbocycles. The predicted molar refractivity (Wildman–Crippen MR) is 108 cm³/mol. The summed E-state index contributed by atoms with van der Waals surface area (Å²) >= 11 is 6.32. The molecule has 0 bridgehead atoms. The lowest BCUT2D eigenvalue weighted by Crippen LogP contribution is -2.47. The molecular formula is C22H26ClNO3. The van der Waals surface area contributed by atoms with Crippen LogP contribution in [0.3, 0.4) is 0 Å². The summed E-state index contributed by atoms with van der Waals surface area (Å²) in [5.41, 5.74) is 4.28. The number of ether oxygens (including phenoxy) is 1. The van der Waals surface area contributed by atoms with Gasteiger partial charge in [-0.05, 0) is 57.0 Å². The van der Waals surface area contributed by atoms with E-state index in [0.717, 1.165) is 47.4 Å². The van der Waals surface area contributed by atoms with Crippen molar-refractivity contribution >= 4 is 17.6 Å². The number of aliphatic carboxylic acids is 1. The maximum absolute atomic E-state index is 12.0. The summed E-state index contributed by atoms with van der Waals surface area (Å²) in [6.45, 7) is 4.85. The van der Waals surface area contributed by atoms with Crippen molar-refractivity contribution in [2.24, 2.45) is 0 Å².